The zero-order valence-corrected chi connectivity index (χ0v) is 24.3. The van der Waals surface area contributed by atoms with E-state index in [1.165, 1.54) is 0 Å². The van der Waals surface area contributed by atoms with Gasteiger partial charge in [0.2, 0.25) is 11.8 Å². The molecule has 2 aromatic carbocycles. The molecule has 1 aromatic heterocycles. The fourth-order valence-corrected chi connectivity index (χ4v) is 5.71. The van der Waals surface area contributed by atoms with Gasteiger partial charge in [-0.2, -0.15) is 0 Å². The fourth-order valence-electron chi connectivity index (χ4n) is 4.42. The maximum absolute atomic E-state index is 13.2. The average Bonchev–Trinajstić information content (AvgIpc) is 3.22. The highest BCUT2D eigenvalue weighted by Gasteiger charge is 2.31. The van der Waals surface area contributed by atoms with E-state index in [0.29, 0.717) is 35.4 Å². The van der Waals surface area contributed by atoms with Gasteiger partial charge in [-0.1, -0.05) is 68.4 Å². The predicted octanol–water partition coefficient (Wildman–Crippen LogP) is 5.05. The molecule has 39 heavy (non-hydrogen) atoms. The van der Waals surface area contributed by atoms with Crippen LogP contribution in [0.15, 0.2) is 57.9 Å². The van der Waals surface area contributed by atoms with Gasteiger partial charge in [0.05, 0.1) is 4.90 Å². The van der Waals surface area contributed by atoms with Gasteiger partial charge < -0.3 is 14.7 Å². The van der Waals surface area contributed by atoms with Gasteiger partial charge in [-0.05, 0) is 50.3 Å². The van der Waals surface area contributed by atoms with Crippen molar-refractivity contribution in [2.75, 3.05) is 11.3 Å². The first-order valence-electron chi connectivity index (χ1n) is 13.2. The van der Waals surface area contributed by atoms with Crippen LogP contribution < -0.4 is 10.0 Å². The molecule has 0 saturated carbocycles. The number of aromatic nitrogens is 1. The number of carbonyl (C=O) groups excluding carboxylic acids is 2. The minimum Gasteiger partial charge on any atom is -0.359 e. The molecule has 0 fully saturated rings. The molecule has 0 unspecified atom stereocenters. The van der Waals surface area contributed by atoms with E-state index in [2.05, 4.69) is 15.2 Å². The Labute approximate surface area is 231 Å². The van der Waals surface area contributed by atoms with E-state index < -0.39 is 16.1 Å². The zero-order chi connectivity index (χ0) is 28.7. The summed E-state index contributed by atoms with van der Waals surface area (Å²) in [7, 11) is -3.93. The van der Waals surface area contributed by atoms with Gasteiger partial charge in [-0.25, -0.2) is 8.42 Å². The number of hydrogen-bond acceptors (Lipinski definition) is 6. The van der Waals surface area contributed by atoms with Crippen molar-refractivity contribution in [3.8, 4) is 11.1 Å². The van der Waals surface area contributed by atoms with E-state index in [1.807, 2.05) is 52.0 Å². The Bertz CT molecular complexity index is 1400. The standard InChI is InChI=1S/C29H38N4O5S/c1-7-11-26(34)33(8-2)27(19(3)4)29(35)30-18-22-14-16-23(17-15-22)24-12-9-10-13-25(24)39(36,37)32-28-20(5)21(6)38-31-28/h9-10,12-17,19,27H,7-8,11,18H2,1-6H3,(H,30,35)(H,31,32)/t27-/m0/s1. The van der Waals surface area contributed by atoms with Crippen LogP contribution in [0.4, 0.5) is 5.82 Å². The van der Waals surface area contributed by atoms with Crippen molar-refractivity contribution in [2.45, 2.75) is 71.9 Å². The first-order valence-corrected chi connectivity index (χ1v) is 14.7. The molecule has 0 radical (unpaired) electrons. The summed E-state index contributed by atoms with van der Waals surface area (Å²) in [6.07, 6.45) is 1.14. The summed E-state index contributed by atoms with van der Waals surface area (Å²) in [5, 5.41) is 6.78. The Hall–Kier alpha value is -3.66. The number of anilines is 1. The predicted molar refractivity (Wildman–Crippen MR) is 151 cm³/mol. The maximum atomic E-state index is 13.2. The van der Waals surface area contributed by atoms with Crippen LogP contribution in [-0.2, 0) is 26.2 Å². The third kappa shape index (κ3) is 7.06. The first kappa shape index (κ1) is 29.9. The SMILES string of the molecule is CCCC(=O)N(CC)[C@H](C(=O)NCc1ccc(-c2ccccc2S(=O)(=O)Nc2noc(C)c2C)cc1)C(C)C. The van der Waals surface area contributed by atoms with Gasteiger partial charge in [-0.15, -0.1) is 0 Å². The summed E-state index contributed by atoms with van der Waals surface area (Å²) >= 11 is 0. The number of benzene rings is 2. The molecule has 0 saturated heterocycles. The summed E-state index contributed by atoms with van der Waals surface area (Å²) in [5.41, 5.74) is 2.72. The number of amides is 2. The third-order valence-electron chi connectivity index (χ3n) is 6.66. The number of sulfonamides is 1. The molecule has 0 bridgehead atoms. The second-order valence-electron chi connectivity index (χ2n) is 9.85. The summed E-state index contributed by atoms with van der Waals surface area (Å²) in [4.78, 5) is 27.4. The van der Waals surface area contributed by atoms with Crippen LogP contribution in [0.1, 0.15) is 57.4 Å². The van der Waals surface area contributed by atoms with Crippen LogP contribution in [0, 0.1) is 19.8 Å². The molecule has 0 aliphatic carbocycles. The van der Waals surface area contributed by atoms with Crippen molar-refractivity contribution < 1.29 is 22.5 Å². The van der Waals surface area contributed by atoms with E-state index in [0.717, 1.165) is 12.0 Å². The molecule has 1 atom stereocenters. The summed E-state index contributed by atoms with van der Waals surface area (Å²) in [6.45, 7) is 11.9. The van der Waals surface area contributed by atoms with Gasteiger partial charge in [0.1, 0.15) is 11.8 Å². The molecule has 2 N–H and O–H groups in total. The largest absolute Gasteiger partial charge is 0.359 e. The van der Waals surface area contributed by atoms with Gasteiger partial charge >= 0.3 is 0 Å². The van der Waals surface area contributed by atoms with Gasteiger partial charge in [-0.3, -0.25) is 14.3 Å². The lowest BCUT2D eigenvalue weighted by Gasteiger charge is -2.32. The topological polar surface area (TPSA) is 122 Å². The van der Waals surface area contributed by atoms with Crippen molar-refractivity contribution in [3.05, 3.63) is 65.4 Å². The van der Waals surface area contributed by atoms with Gasteiger partial charge in [0.15, 0.2) is 5.82 Å². The molecule has 3 aromatic rings. The minimum atomic E-state index is -3.93. The number of nitrogens with zero attached hydrogens (tertiary/aromatic N) is 2. The van der Waals surface area contributed by atoms with Crippen molar-refractivity contribution in [1.82, 2.24) is 15.4 Å². The third-order valence-corrected chi connectivity index (χ3v) is 8.05. The molecule has 0 aliphatic rings. The molecule has 0 spiro atoms. The normalized spacial score (nSPS) is 12.3. The minimum absolute atomic E-state index is 0.0184. The smallest absolute Gasteiger partial charge is 0.263 e. The zero-order valence-electron chi connectivity index (χ0n) is 23.4. The van der Waals surface area contributed by atoms with Crippen LogP contribution in [0.3, 0.4) is 0 Å². The second kappa shape index (κ2) is 12.9. The number of aryl methyl sites for hydroxylation is 1. The lowest BCUT2D eigenvalue weighted by molar-refractivity contribution is -0.142. The number of likely N-dealkylation sites (N-methyl/N-ethyl adjacent to an activating group) is 1. The second-order valence-corrected chi connectivity index (χ2v) is 11.5. The van der Waals surface area contributed by atoms with E-state index in [-0.39, 0.29) is 35.0 Å². The Morgan fingerprint density at radius 3 is 2.26 bits per heavy atom. The van der Waals surface area contributed by atoms with Crippen molar-refractivity contribution in [1.29, 1.82) is 0 Å². The summed E-state index contributed by atoms with van der Waals surface area (Å²) in [5.74, 6) is 0.450. The first-order chi connectivity index (χ1) is 18.5. The Balaban J connectivity index is 1.76. The monoisotopic (exact) mass is 554 g/mol. The molecule has 1 heterocycles. The summed E-state index contributed by atoms with van der Waals surface area (Å²) < 4.78 is 34.0. The number of nitrogens with one attached hydrogen (secondary N) is 2. The lowest BCUT2D eigenvalue weighted by Crippen LogP contribution is -2.52. The van der Waals surface area contributed by atoms with Gasteiger partial charge in [0.25, 0.3) is 10.0 Å². The highest BCUT2D eigenvalue weighted by Crippen LogP contribution is 2.30. The van der Waals surface area contributed by atoms with Crippen LogP contribution in [0.25, 0.3) is 11.1 Å². The fraction of sp³-hybridized carbons (Fsp3) is 0.414. The van der Waals surface area contributed by atoms with Crippen molar-refractivity contribution in [3.63, 3.8) is 0 Å². The lowest BCUT2D eigenvalue weighted by atomic mass is 10.0. The number of hydrogen-bond donors (Lipinski definition) is 2. The highest BCUT2D eigenvalue weighted by molar-refractivity contribution is 7.92. The molecule has 210 valence electrons. The van der Waals surface area contributed by atoms with Crippen molar-refractivity contribution in [2.24, 2.45) is 5.92 Å². The molecule has 9 nitrogen and oxygen atoms in total. The Morgan fingerprint density at radius 1 is 1.03 bits per heavy atom. The summed E-state index contributed by atoms with van der Waals surface area (Å²) in [6, 6.07) is 13.5. The number of rotatable bonds is 12. The molecular weight excluding hydrogens is 516 g/mol. The molecule has 0 aliphatic heterocycles. The number of carbonyl (C=O) groups is 2. The van der Waals surface area contributed by atoms with E-state index in [1.54, 1.807) is 43.0 Å². The van der Waals surface area contributed by atoms with Gasteiger partial charge in [0, 0.05) is 30.6 Å². The van der Waals surface area contributed by atoms with E-state index in [9.17, 15) is 18.0 Å². The van der Waals surface area contributed by atoms with Crippen LogP contribution in [0.5, 0.6) is 0 Å². The van der Waals surface area contributed by atoms with E-state index in [4.69, 9.17) is 4.52 Å². The van der Waals surface area contributed by atoms with Crippen LogP contribution in [-0.4, -0.2) is 42.9 Å². The molecule has 3 rings (SSSR count). The van der Waals surface area contributed by atoms with E-state index >= 15 is 0 Å². The Kier molecular flexibility index (Phi) is 9.91. The highest BCUT2D eigenvalue weighted by atomic mass is 32.2. The maximum Gasteiger partial charge on any atom is 0.263 e. The quantitative estimate of drug-likeness (QED) is 0.323. The molecular formula is C29H38N4O5S. The van der Waals surface area contributed by atoms with Crippen LogP contribution >= 0.6 is 0 Å². The van der Waals surface area contributed by atoms with Crippen molar-refractivity contribution >= 4 is 27.7 Å². The molecule has 2 amide bonds. The Morgan fingerprint density at radius 2 is 1.69 bits per heavy atom. The average molecular weight is 555 g/mol. The molecule has 10 heteroatoms. The van der Waals surface area contributed by atoms with Crippen LogP contribution in [0.2, 0.25) is 0 Å².